The molecule has 2 aliphatic rings. The molecule has 1 unspecified atom stereocenters. The van der Waals surface area contributed by atoms with Crippen LogP contribution in [0.15, 0.2) is 364 Å². The van der Waals surface area contributed by atoms with Crippen LogP contribution in [0, 0.1) is 48.5 Å². The van der Waals surface area contributed by atoms with E-state index in [-0.39, 0.29) is 5.41 Å². The van der Waals surface area contributed by atoms with E-state index in [0.29, 0.717) is 17.5 Å². The molecule has 548 valence electrons. The van der Waals surface area contributed by atoms with Crippen molar-refractivity contribution in [1.82, 2.24) is 29.5 Å². The molecule has 19 aromatic rings. The number of hydrogen-bond donors (Lipinski definition) is 0. The number of oxazole rings is 1. The lowest BCUT2D eigenvalue weighted by Crippen LogP contribution is -2.14. The highest BCUT2D eigenvalue weighted by Crippen LogP contribution is 2.49. The number of aryl methyl sites for hydroxylation is 7. The second-order valence-electron chi connectivity index (χ2n) is 28.4. The minimum atomic E-state index is -0.983. The zero-order valence-corrected chi connectivity index (χ0v) is 65.8. The summed E-state index contributed by atoms with van der Waals surface area (Å²) in [5.74, 6) is 4.70. The molecule has 0 saturated carbocycles. The first-order valence-electron chi connectivity index (χ1n) is 37.6. The second-order valence-corrected chi connectivity index (χ2v) is 30.9. The topological polar surface area (TPSA) is 113 Å². The van der Waals surface area contributed by atoms with E-state index < -0.39 is 10.8 Å². The van der Waals surface area contributed by atoms with Crippen LogP contribution < -0.4 is 0 Å². The van der Waals surface area contributed by atoms with E-state index in [1.54, 1.807) is 0 Å². The van der Waals surface area contributed by atoms with Crippen molar-refractivity contribution < 1.29 is 13.0 Å². The van der Waals surface area contributed by atoms with Gasteiger partial charge in [-0.25, -0.2) is 29.1 Å². The lowest BCUT2D eigenvalue weighted by atomic mass is 9.82. The van der Waals surface area contributed by atoms with Crippen LogP contribution in [0.3, 0.4) is 0 Å². The van der Waals surface area contributed by atoms with Gasteiger partial charge in [0.1, 0.15) is 34.3 Å². The Morgan fingerprint density at radius 1 is 0.348 bits per heavy atom. The summed E-state index contributed by atoms with van der Waals surface area (Å²) >= 11 is 1.88. The third kappa shape index (κ3) is 16.3. The van der Waals surface area contributed by atoms with Gasteiger partial charge < -0.3 is 8.83 Å². The first-order chi connectivity index (χ1) is 54.6. The normalized spacial score (nSPS) is 12.3. The molecule has 9 nitrogen and oxygen atoms in total. The van der Waals surface area contributed by atoms with Gasteiger partial charge in [0, 0.05) is 64.3 Å². The van der Waals surface area contributed by atoms with Crippen LogP contribution in [0.2, 0.25) is 0 Å². The zero-order chi connectivity index (χ0) is 77.2. The predicted octanol–water partition coefficient (Wildman–Crippen LogP) is 26.9. The van der Waals surface area contributed by atoms with Crippen LogP contribution in [-0.4, -0.2) is 33.7 Å². The number of hydrogen-bond acceptors (Lipinski definition) is 9. The molecule has 0 amide bonds. The lowest BCUT2D eigenvalue weighted by molar-refractivity contribution is 0.543. The molecule has 1 aliphatic carbocycles. The van der Waals surface area contributed by atoms with E-state index in [4.69, 9.17) is 8.83 Å². The summed E-state index contributed by atoms with van der Waals surface area (Å²) in [6.45, 7) is 18.9. The number of imidazole rings is 1. The summed E-state index contributed by atoms with van der Waals surface area (Å²) in [6.07, 6.45) is 0. The van der Waals surface area contributed by atoms with E-state index >= 15 is 0 Å². The van der Waals surface area contributed by atoms with E-state index in [9.17, 15) is 4.21 Å². The van der Waals surface area contributed by atoms with Gasteiger partial charge in [-0.15, -0.1) is 11.3 Å². The fourth-order valence-electron chi connectivity index (χ4n) is 14.4. The molecular weight excluding hydrogens is 1410 g/mol. The maximum Gasteiger partial charge on any atom is 0.226 e. The Balaban J connectivity index is 0.000000104. The molecule has 1 aliphatic heterocycles. The van der Waals surface area contributed by atoms with Crippen molar-refractivity contribution in [3.63, 3.8) is 0 Å². The lowest BCUT2D eigenvalue weighted by Gasteiger charge is -2.21. The van der Waals surface area contributed by atoms with Gasteiger partial charge in [0.2, 0.25) is 5.89 Å². The van der Waals surface area contributed by atoms with Gasteiger partial charge in [0.05, 0.1) is 31.6 Å². The highest BCUT2D eigenvalue weighted by atomic mass is 32.2. The Labute approximate surface area is 660 Å². The van der Waals surface area contributed by atoms with Crippen molar-refractivity contribution >= 4 is 75.3 Å². The van der Waals surface area contributed by atoms with Gasteiger partial charge >= 0.3 is 0 Å². The number of rotatable bonds is 5. The Morgan fingerprint density at radius 3 is 1.52 bits per heavy atom. The Hall–Kier alpha value is -13.1. The van der Waals surface area contributed by atoms with Crippen molar-refractivity contribution in [1.29, 1.82) is 0 Å². The van der Waals surface area contributed by atoms with Crippen LogP contribution in [0.4, 0.5) is 0 Å². The summed E-state index contributed by atoms with van der Waals surface area (Å²) in [5.41, 5.74) is 23.5. The Morgan fingerprint density at radius 2 is 0.830 bits per heavy atom. The Bertz CT molecular complexity index is 6360. The van der Waals surface area contributed by atoms with Gasteiger partial charge in [0.15, 0.2) is 11.6 Å². The molecule has 0 N–H and O–H groups in total. The molecule has 0 saturated heterocycles. The molecule has 1 atom stereocenters. The maximum absolute atomic E-state index is 12.2. The van der Waals surface area contributed by atoms with Crippen LogP contribution in [0.25, 0.3) is 127 Å². The zero-order valence-electron chi connectivity index (χ0n) is 64.1. The van der Waals surface area contributed by atoms with Gasteiger partial charge in [0.25, 0.3) is 0 Å². The van der Waals surface area contributed by atoms with Crippen molar-refractivity contribution in [2.24, 2.45) is 0 Å². The van der Waals surface area contributed by atoms with Crippen LogP contribution in [0.5, 0.6) is 0 Å². The SMILES string of the molecule is Cc1ccc2c(c1)C(C)(C)c1ccccc1-2.Cc1ccc2c(c1)S(=O)c1ccccc1-2.Cc1ccc2c(c1)oc1ccccc12.Cc1ccc2c(c1)sc1ccccc12.Cc1nc(-c2ccccc2)nc(-c2ccccc2)n1.Cc1nc2ccccc2n1-c1ccccc1.Cc1oc(-c2ccccc2)nc1-c1ccccc1. The number of benzene rings is 14. The van der Waals surface area contributed by atoms with Crippen molar-refractivity contribution in [2.45, 2.75) is 77.5 Å². The smallest absolute Gasteiger partial charge is 0.226 e. The highest BCUT2D eigenvalue weighted by molar-refractivity contribution is 7.85. The third-order valence-corrected chi connectivity index (χ3v) is 22.6. The van der Waals surface area contributed by atoms with E-state index in [2.05, 4.69) is 204 Å². The quantitative estimate of drug-likeness (QED) is 0.167. The Kier molecular flexibility index (Phi) is 22.2. The molecular formula is C101H84N6O3S2. The number of nitrogens with zero attached hydrogens (tertiary/aromatic N) is 6. The monoisotopic (exact) mass is 1490 g/mol. The van der Waals surface area contributed by atoms with Gasteiger partial charge in [-0.3, -0.25) is 4.57 Å². The molecule has 14 aromatic carbocycles. The average molecular weight is 1490 g/mol. The summed E-state index contributed by atoms with van der Waals surface area (Å²) in [7, 11) is -0.983. The summed E-state index contributed by atoms with van der Waals surface area (Å²) in [5, 5.41) is 5.16. The third-order valence-electron chi connectivity index (χ3n) is 19.9. The summed E-state index contributed by atoms with van der Waals surface area (Å²) in [6, 6.07) is 118. The molecule has 0 bridgehead atoms. The standard InChI is InChI=1S/C16H13N3.C16H13NO.C16H16.C14H12N2.C13H10OS.C13H10O.C13H10S/c1-12-17-15(13-8-4-2-5-9-13)19-16(18-12)14-10-6-3-7-11-14;1-12-15(13-8-4-2-5-9-13)17-16(18-12)14-10-6-3-7-11-14;1-11-8-9-13-12-6-4-5-7-14(12)16(2,3)15(13)10-11;1-11-15-13-9-5-6-10-14(13)16(11)12-7-3-2-4-8-12;1-9-6-7-11-10-4-2-3-5-12(10)15(14)13(11)8-9;2*1-9-6-7-11-10-4-2-3-5-12(10)14-13(11)8-9/h2-11H,1H3;2-11H,1H3;4-10H,1-3H3;2-10H,1H3;2-8H,1H3;2*2-8H,1H3. The summed E-state index contributed by atoms with van der Waals surface area (Å²) < 4.78 is 28.6. The number of thiophene rings is 1. The number of aromatic nitrogens is 6. The minimum Gasteiger partial charge on any atom is -0.456 e. The first-order valence-corrected chi connectivity index (χ1v) is 39.6. The largest absolute Gasteiger partial charge is 0.456 e. The molecule has 5 aromatic heterocycles. The summed E-state index contributed by atoms with van der Waals surface area (Å²) in [4.78, 5) is 24.4. The molecule has 11 heteroatoms. The number of furan rings is 1. The van der Waals surface area contributed by atoms with Crippen LogP contribution in [-0.2, 0) is 16.2 Å². The predicted molar refractivity (Wildman–Crippen MR) is 466 cm³/mol. The van der Waals surface area contributed by atoms with E-state index in [1.807, 2.05) is 245 Å². The molecule has 0 fully saturated rings. The minimum absolute atomic E-state index is 0.151. The van der Waals surface area contributed by atoms with Gasteiger partial charge in [-0.05, 0) is 171 Å². The van der Waals surface area contributed by atoms with Crippen molar-refractivity contribution in [2.75, 3.05) is 0 Å². The van der Waals surface area contributed by atoms with Gasteiger partial charge in [-0.2, -0.15) is 0 Å². The van der Waals surface area contributed by atoms with Gasteiger partial charge in [-0.1, -0.05) is 292 Å². The van der Waals surface area contributed by atoms with Crippen molar-refractivity contribution in [3.05, 3.63) is 397 Å². The molecule has 6 heterocycles. The number of fused-ring (bicyclic) bond motifs is 13. The molecule has 0 spiro atoms. The fourth-order valence-corrected chi connectivity index (χ4v) is 17.1. The van der Waals surface area contributed by atoms with Crippen molar-refractivity contribution in [3.8, 4) is 73.4 Å². The number of para-hydroxylation sites is 4. The van der Waals surface area contributed by atoms with E-state index in [0.717, 1.165) is 99.7 Å². The van der Waals surface area contributed by atoms with Crippen LogP contribution in [0.1, 0.15) is 64.6 Å². The fraction of sp³-hybridized carbons (Fsp3) is 0.0990. The second kappa shape index (κ2) is 33.4. The highest BCUT2D eigenvalue weighted by Gasteiger charge is 2.35. The average Bonchev–Trinajstić information content (AvgIpc) is 1.59. The first kappa shape index (κ1) is 74.4. The van der Waals surface area contributed by atoms with E-state index in [1.165, 1.54) is 69.9 Å². The maximum atomic E-state index is 12.2. The van der Waals surface area contributed by atoms with Crippen LogP contribution >= 0.6 is 11.3 Å². The molecule has 112 heavy (non-hydrogen) atoms. The molecule has 0 radical (unpaired) electrons. The molecule has 21 rings (SSSR count).